The van der Waals surface area contributed by atoms with E-state index in [1.807, 2.05) is 7.05 Å². The molecule has 0 fully saturated rings. The van der Waals surface area contributed by atoms with E-state index in [4.69, 9.17) is 14.6 Å². The molecule has 0 unspecified atom stereocenters. The molecule has 0 aliphatic rings. The monoisotopic (exact) mass is 282 g/mol. The number of carbonyl (C=O) groups is 1. The van der Waals surface area contributed by atoms with Crippen LogP contribution in [-0.4, -0.2) is 63.5 Å². The summed E-state index contributed by atoms with van der Waals surface area (Å²) in [5, 5.41) is 12.3. The first kappa shape index (κ1) is 16.3. The van der Waals surface area contributed by atoms with Crippen molar-refractivity contribution in [3.8, 4) is 5.75 Å². The van der Waals surface area contributed by atoms with E-state index < -0.39 is 5.97 Å². The minimum atomic E-state index is -0.956. The van der Waals surface area contributed by atoms with Crippen molar-refractivity contribution in [3.63, 3.8) is 0 Å². The zero-order valence-electron chi connectivity index (χ0n) is 12.2. The summed E-state index contributed by atoms with van der Waals surface area (Å²) in [6.07, 6.45) is 0. The molecule has 0 aromatic heterocycles. The van der Waals surface area contributed by atoms with E-state index in [2.05, 4.69) is 10.2 Å². The maximum absolute atomic E-state index is 11.2. The number of carboxylic acid groups (broad SMARTS) is 1. The van der Waals surface area contributed by atoms with Crippen molar-refractivity contribution in [2.75, 3.05) is 52.8 Å². The quantitative estimate of drug-likeness (QED) is 0.713. The smallest absolute Gasteiger partial charge is 0.337 e. The molecular formula is C14H22N2O4. The molecule has 1 rings (SSSR count). The van der Waals surface area contributed by atoms with Crippen LogP contribution in [-0.2, 0) is 4.74 Å². The molecular weight excluding hydrogens is 260 g/mol. The highest BCUT2D eigenvalue weighted by molar-refractivity contribution is 5.94. The topological polar surface area (TPSA) is 71.0 Å². The van der Waals surface area contributed by atoms with Gasteiger partial charge in [0.25, 0.3) is 0 Å². The van der Waals surface area contributed by atoms with Gasteiger partial charge in [-0.1, -0.05) is 0 Å². The van der Waals surface area contributed by atoms with Crippen molar-refractivity contribution in [3.05, 3.63) is 23.8 Å². The number of methoxy groups -OCH3 is 2. The Morgan fingerprint density at radius 2 is 2.10 bits per heavy atom. The van der Waals surface area contributed by atoms with Crippen LogP contribution in [0.15, 0.2) is 18.2 Å². The molecule has 0 heterocycles. The molecule has 2 N–H and O–H groups in total. The SMILES string of the molecule is COCCN(C)CCNc1cc(OC)ccc1C(=O)O. The minimum absolute atomic E-state index is 0.241. The van der Waals surface area contributed by atoms with Gasteiger partial charge in [-0.3, -0.25) is 0 Å². The van der Waals surface area contributed by atoms with Crippen molar-refractivity contribution in [1.82, 2.24) is 4.90 Å². The first-order valence-electron chi connectivity index (χ1n) is 6.41. The number of aromatic carboxylic acids is 1. The van der Waals surface area contributed by atoms with Crippen molar-refractivity contribution < 1.29 is 19.4 Å². The highest BCUT2D eigenvalue weighted by Crippen LogP contribution is 2.22. The van der Waals surface area contributed by atoms with Gasteiger partial charge in [-0.05, 0) is 19.2 Å². The van der Waals surface area contributed by atoms with Crippen molar-refractivity contribution in [1.29, 1.82) is 0 Å². The Bertz CT molecular complexity index is 437. The number of hydrogen-bond donors (Lipinski definition) is 2. The number of hydrogen-bond acceptors (Lipinski definition) is 5. The maximum Gasteiger partial charge on any atom is 0.337 e. The molecule has 0 aliphatic heterocycles. The summed E-state index contributed by atoms with van der Waals surface area (Å²) in [6.45, 7) is 2.95. The van der Waals surface area contributed by atoms with E-state index in [0.29, 0.717) is 24.6 Å². The van der Waals surface area contributed by atoms with Crippen LogP contribution >= 0.6 is 0 Å². The third kappa shape index (κ3) is 5.07. The molecule has 0 amide bonds. The van der Waals surface area contributed by atoms with E-state index in [1.54, 1.807) is 26.4 Å². The van der Waals surface area contributed by atoms with Gasteiger partial charge < -0.3 is 24.8 Å². The summed E-state index contributed by atoms with van der Waals surface area (Å²) in [7, 11) is 5.21. The van der Waals surface area contributed by atoms with E-state index in [9.17, 15) is 4.79 Å². The zero-order valence-corrected chi connectivity index (χ0v) is 12.2. The lowest BCUT2D eigenvalue weighted by molar-refractivity contribution is 0.0698. The molecule has 0 bridgehead atoms. The molecule has 0 atom stereocenters. The molecule has 0 spiro atoms. The molecule has 1 aromatic rings. The fourth-order valence-corrected chi connectivity index (χ4v) is 1.72. The Labute approximate surface area is 119 Å². The summed E-state index contributed by atoms with van der Waals surface area (Å²) >= 11 is 0. The number of ether oxygens (including phenoxy) is 2. The van der Waals surface area contributed by atoms with Crippen molar-refractivity contribution >= 4 is 11.7 Å². The first-order chi connectivity index (χ1) is 9.58. The van der Waals surface area contributed by atoms with Gasteiger partial charge in [0.05, 0.1) is 25.0 Å². The number of carboxylic acids is 1. The molecule has 112 valence electrons. The summed E-state index contributed by atoms with van der Waals surface area (Å²) in [5.74, 6) is -0.326. The number of nitrogens with zero attached hydrogens (tertiary/aromatic N) is 1. The Kier molecular flexibility index (Phi) is 6.83. The van der Waals surface area contributed by atoms with Gasteiger partial charge in [0, 0.05) is 32.8 Å². The van der Waals surface area contributed by atoms with E-state index in [-0.39, 0.29) is 5.56 Å². The van der Waals surface area contributed by atoms with Gasteiger partial charge in [0.15, 0.2) is 0 Å². The lowest BCUT2D eigenvalue weighted by Gasteiger charge is -2.17. The number of benzene rings is 1. The molecule has 20 heavy (non-hydrogen) atoms. The molecule has 1 aromatic carbocycles. The number of likely N-dealkylation sites (N-methyl/N-ethyl adjacent to an activating group) is 1. The van der Waals surface area contributed by atoms with Crippen LogP contribution in [0.3, 0.4) is 0 Å². The van der Waals surface area contributed by atoms with Crippen LogP contribution < -0.4 is 10.1 Å². The van der Waals surface area contributed by atoms with Gasteiger partial charge in [0.1, 0.15) is 5.75 Å². The zero-order chi connectivity index (χ0) is 15.0. The number of rotatable bonds is 9. The fourth-order valence-electron chi connectivity index (χ4n) is 1.72. The van der Waals surface area contributed by atoms with Crippen LogP contribution in [0.2, 0.25) is 0 Å². The van der Waals surface area contributed by atoms with Crippen LogP contribution in [0, 0.1) is 0 Å². The van der Waals surface area contributed by atoms with Gasteiger partial charge >= 0.3 is 5.97 Å². The molecule has 6 nitrogen and oxygen atoms in total. The molecule has 6 heteroatoms. The van der Waals surface area contributed by atoms with Crippen LogP contribution in [0.1, 0.15) is 10.4 Å². The van der Waals surface area contributed by atoms with Gasteiger partial charge in [-0.15, -0.1) is 0 Å². The second-order valence-electron chi connectivity index (χ2n) is 4.44. The maximum atomic E-state index is 11.2. The lowest BCUT2D eigenvalue weighted by atomic mass is 10.1. The molecule has 0 aliphatic carbocycles. The van der Waals surface area contributed by atoms with E-state index in [0.717, 1.165) is 13.1 Å². The van der Waals surface area contributed by atoms with Gasteiger partial charge in [-0.2, -0.15) is 0 Å². The van der Waals surface area contributed by atoms with Crippen molar-refractivity contribution in [2.24, 2.45) is 0 Å². The Morgan fingerprint density at radius 1 is 1.35 bits per heavy atom. The summed E-state index contributed by atoms with van der Waals surface area (Å²) in [4.78, 5) is 13.3. The normalized spacial score (nSPS) is 10.6. The number of anilines is 1. The third-order valence-corrected chi connectivity index (χ3v) is 2.94. The predicted octanol–water partition coefficient (Wildman–Crippen LogP) is 1.38. The lowest BCUT2D eigenvalue weighted by Crippen LogP contribution is -2.28. The van der Waals surface area contributed by atoms with Gasteiger partial charge in [-0.25, -0.2) is 4.79 Å². The number of nitrogens with one attached hydrogen (secondary N) is 1. The fraction of sp³-hybridized carbons (Fsp3) is 0.500. The standard InChI is InChI=1S/C14H22N2O4/c1-16(8-9-19-2)7-6-15-13-10-11(20-3)4-5-12(13)14(17)18/h4-5,10,15H,6-9H2,1-3H3,(H,17,18). The second kappa shape index (κ2) is 8.39. The Morgan fingerprint density at radius 3 is 2.70 bits per heavy atom. The Hall–Kier alpha value is -1.79. The van der Waals surface area contributed by atoms with Crippen LogP contribution in [0.4, 0.5) is 5.69 Å². The van der Waals surface area contributed by atoms with Crippen LogP contribution in [0.5, 0.6) is 5.75 Å². The molecule has 0 radical (unpaired) electrons. The summed E-state index contributed by atoms with van der Waals surface area (Å²) < 4.78 is 10.1. The first-order valence-corrected chi connectivity index (χ1v) is 6.41. The largest absolute Gasteiger partial charge is 0.497 e. The summed E-state index contributed by atoms with van der Waals surface area (Å²) in [6, 6.07) is 4.87. The summed E-state index contributed by atoms with van der Waals surface area (Å²) in [5.41, 5.74) is 0.808. The van der Waals surface area contributed by atoms with Crippen LogP contribution in [0.25, 0.3) is 0 Å². The second-order valence-corrected chi connectivity index (χ2v) is 4.44. The van der Waals surface area contributed by atoms with Crippen molar-refractivity contribution in [2.45, 2.75) is 0 Å². The van der Waals surface area contributed by atoms with Gasteiger partial charge in [0.2, 0.25) is 0 Å². The average molecular weight is 282 g/mol. The van der Waals surface area contributed by atoms with E-state index in [1.165, 1.54) is 6.07 Å². The predicted molar refractivity (Wildman–Crippen MR) is 77.8 cm³/mol. The minimum Gasteiger partial charge on any atom is -0.497 e. The molecule has 0 saturated carbocycles. The highest BCUT2D eigenvalue weighted by atomic mass is 16.5. The van der Waals surface area contributed by atoms with E-state index >= 15 is 0 Å². The Balaban J connectivity index is 2.59. The third-order valence-electron chi connectivity index (χ3n) is 2.94. The molecule has 0 saturated heterocycles. The average Bonchev–Trinajstić information content (AvgIpc) is 2.44. The highest BCUT2D eigenvalue weighted by Gasteiger charge is 2.11.